The van der Waals surface area contributed by atoms with E-state index in [2.05, 4.69) is 5.10 Å². The predicted molar refractivity (Wildman–Crippen MR) is 82.2 cm³/mol. The lowest BCUT2D eigenvalue weighted by Gasteiger charge is -2.03. The van der Waals surface area contributed by atoms with Crippen molar-refractivity contribution in [2.75, 3.05) is 0 Å². The number of nitro groups is 1. The second-order valence-electron chi connectivity index (χ2n) is 4.48. The van der Waals surface area contributed by atoms with Crippen LogP contribution in [0.15, 0.2) is 58.5 Å². The van der Waals surface area contributed by atoms with Crippen molar-refractivity contribution in [1.29, 1.82) is 0 Å². The Morgan fingerprint density at radius 1 is 1.14 bits per heavy atom. The second-order valence-corrected chi connectivity index (χ2v) is 6.14. The highest BCUT2D eigenvalue weighted by Gasteiger charge is 2.13. The summed E-state index contributed by atoms with van der Waals surface area (Å²) in [7, 11) is -3.80. The van der Waals surface area contributed by atoms with Gasteiger partial charge in [0.25, 0.3) is 15.7 Å². The Balaban J connectivity index is 2.19. The third-order valence-corrected chi connectivity index (χ3v) is 4.08. The summed E-state index contributed by atoms with van der Waals surface area (Å²) in [5.74, 6) is 0. The molecule has 2 rings (SSSR count). The number of para-hydroxylation sites is 1. The molecule has 8 heteroatoms. The van der Waals surface area contributed by atoms with Crippen LogP contribution in [-0.4, -0.2) is 19.6 Å². The molecule has 0 radical (unpaired) electrons. The lowest BCUT2D eigenvalue weighted by atomic mass is 10.2. The Labute approximate surface area is 127 Å². The van der Waals surface area contributed by atoms with E-state index in [1.54, 1.807) is 18.2 Å². The summed E-state index contributed by atoms with van der Waals surface area (Å²) in [6, 6.07) is 12.2. The topological polar surface area (TPSA) is 102 Å². The summed E-state index contributed by atoms with van der Waals surface area (Å²) >= 11 is 0. The highest BCUT2D eigenvalue weighted by molar-refractivity contribution is 7.89. The van der Waals surface area contributed by atoms with Gasteiger partial charge in [-0.05, 0) is 25.1 Å². The van der Waals surface area contributed by atoms with Crippen molar-refractivity contribution >= 4 is 21.9 Å². The summed E-state index contributed by atoms with van der Waals surface area (Å²) in [4.78, 5) is 12.4. The SMILES string of the molecule is Cc1ccc(S(=O)(=O)N/N=C/c2ccccc2[N+](=O)[O-])cc1. The van der Waals surface area contributed by atoms with E-state index in [1.165, 1.54) is 30.3 Å². The van der Waals surface area contributed by atoms with Crippen LogP contribution in [0.4, 0.5) is 5.69 Å². The number of nitrogens with zero attached hydrogens (tertiary/aromatic N) is 2. The smallest absolute Gasteiger partial charge is 0.258 e. The fraction of sp³-hybridized carbons (Fsp3) is 0.0714. The number of nitrogens with one attached hydrogen (secondary N) is 1. The van der Waals surface area contributed by atoms with Gasteiger partial charge in [0, 0.05) is 6.07 Å². The van der Waals surface area contributed by atoms with Crippen molar-refractivity contribution in [1.82, 2.24) is 4.83 Å². The lowest BCUT2D eigenvalue weighted by Crippen LogP contribution is -2.18. The Morgan fingerprint density at radius 3 is 2.41 bits per heavy atom. The second kappa shape index (κ2) is 6.35. The Morgan fingerprint density at radius 2 is 1.77 bits per heavy atom. The zero-order chi connectivity index (χ0) is 16.2. The van der Waals surface area contributed by atoms with E-state index in [1.807, 2.05) is 11.8 Å². The van der Waals surface area contributed by atoms with E-state index < -0.39 is 14.9 Å². The van der Waals surface area contributed by atoms with Gasteiger partial charge in [0.05, 0.1) is 21.6 Å². The molecule has 0 amide bonds. The average molecular weight is 319 g/mol. The van der Waals surface area contributed by atoms with Gasteiger partial charge in [-0.3, -0.25) is 10.1 Å². The molecule has 0 aliphatic rings. The molecular weight excluding hydrogens is 306 g/mol. The molecule has 114 valence electrons. The summed E-state index contributed by atoms with van der Waals surface area (Å²) in [6.07, 6.45) is 1.10. The molecule has 0 heterocycles. The number of hydrogen-bond acceptors (Lipinski definition) is 5. The highest BCUT2D eigenvalue weighted by atomic mass is 32.2. The first-order valence-electron chi connectivity index (χ1n) is 6.25. The monoisotopic (exact) mass is 319 g/mol. The van der Waals surface area contributed by atoms with Crippen LogP contribution in [0, 0.1) is 17.0 Å². The number of benzene rings is 2. The molecule has 0 fully saturated rings. The number of hydrogen-bond donors (Lipinski definition) is 1. The zero-order valence-electron chi connectivity index (χ0n) is 11.6. The number of sulfonamides is 1. The molecule has 1 N–H and O–H groups in total. The van der Waals surface area contributed by atoms with E-state index in [4.69, 9.17) is 0 Å². The van der Waals surface area contributed by atoms with Crippen molar-refractivity contribution in [3.63, 3.8) is 0 Å². The van der Waals surface area contributed by atoms with E-state index in [0.29, 0.717) is 0 Å². The van der Waals surface area contributed by atoms with Gasteiger partial charge in [0.15, 0.2) is 0 Å². The van der Waals surface area contributed by atoms with Crippen LogP contribution in [0.3, 0.4) is 0 Å². The van der Waals surface area contributed by atoms with E-state index in [-0.39, 0.29) is 16.1 Å². The normalized spacial score (nSPS) is 11.5. The van der Waals surface area contributed by atoms with Crippen LogP contribution in [0.25, 0.3) is 0 Å². The molecule has 0 aliphatic heterocycles. The van der Waals surface area contributed by atoms with Gasteiger partial charge in [-0.25, -0.2) is 4.83 Å². The molecule has 7 nitrogen and oxygen atoms in total. The Hall–Kier alpha value is -2.74. The third-order valence-electron chi connectivity index (χ3n) is 2.84. The van der Waals surface area contributed by atoms with E-state index >= 15 is 0 Å². The van der Waals surface area contributed by atoms with Crippen molar-refractivity contribution in [3.8, 4) is 0 Å². The molecule has 0 bridgehead atoms. The van der Waals surface area contributed by atoms with Crippen molar-refractivity contribution in [3.05, 3.63) is 69.8 Å². The Bertz CT molecular complexity index is 814. The van der Waals surface area contributed by atoms with Crippen LogP contribution >= 0.6 is 0 Å². The molecular formula is C14H13N3O4S. The van der Waals surface area contributed by atoms with Gasteiger partial charge in [0.2, 0.25) is 0 Å². The predicted octanol–water partition coefficient (Wildman–Crippen LogP) is 2.22. The molecule has 0 aromatic heterocycles. The third kappa shape index (κ3) is 3.67. The fourth-order valence-electron chi connectivity index (χ4n) is 1.70. The minimum atomic E-state index is -3.80. The maximum atomic E-state index is 12.0. The standard InChI is InChI=1S/C14H13N3O4S/c1-11-6-8-13(9-7-11)22(20,21)16-15-10-12-4-2-3-5-14(12)17(18)19/h2-10,16H,1H3/b15-10+. The molecule has 0 spiro atoms. The first-order valence-corrected chi connectivity index (χ1v) is 7.73. The molecule has 2 aromatic rings. The molecule has 22 heavy (non-hydrogen) atoms. The first kappa shape index (κ1) is 15.6. The molecule has 0 saturated carbocycles. The minimum absolute atomic E-state index is 0.0674. The first-order chi connectivity index (χ1) is 10.4. The van der Waals surface area contributed by atoms with E-state index in [9.17, 15) is 18.5 Å². The number of rotatable bonds is 5. The van der Waals surface area contributed by atoms with Crippen molar-refractivity contribution in [2.24, 2.45) is 5.10 Å². The van der Waals surface area contributed by atoms with Crippen LogP contribution in [0.1, 0.15) is 11.1 Å². The van der Waals surface area contributed by atoms with E-state index in [0.717, 1.165) is 11.8 Å². The van der Waals surface area contributed by atoms with Gasteiger partial charge in [0.1, 0.15) is 0 Å². The molecule has 0 atom stereocenters. The van der Waals surface area contributed by atoms with Gasteiger partial charge < -0.3 is 0 Å². The minimum Gasteiger partial charge on any atom is -0.258 e. The van der Waals surface area contributed by atoms with Crippen LogP contribution in [-0.2, 0) is 10.0 Å². The van der Waals surface area contributed by atoms with Gasteiger partial charge in [-0.1, -0.05) is 29.8 Å². The number of hydrazone groups is 1. The van der Waals surface area contributed by atoms with Gasteiger partial charge in [-0.15, -0.1) is 0 Å². The molecule has 0 unspecified atom stereocenters. The molecule has 0 aliphatic carbocycles. The number of nitro benzene ring substituents is 1. The van der Waals surface area contributed by atoms with Crippen LogP contribution in [0.2, 0.25) is 0 Å². The molecule has 2 aromatic carbocycles. The highest BCUT2D eigenvalue weighted by Crippen LogP contribution is 2.15. The fourth-order valence-corrected chi connectivity index (χ4v) is 2.49. The van der Waals surface area contributed by atoms with Crippen molar-refractivity contribution in [2.45, 2.75) is 11.8 Å². The largest absolute Gasteiger partial charge is 0.278 e. The van der Waals surface area contributed by atoms with Gasteiger partial charge in [-0.2, -0.15) is 13.5 Å². The lowest BCUT2D eigenvalue weighted by molar-refractivity contribution is -0.385. The summed E-state index contributed by atoms with van der Waals surface area (Å²) in [5, 5.41) is 14.4. The maximum Gasteiger partial charge on any atom is 0.278 e. The van der Waals surface area contributed by atoms with Crippen molar-refractivity contribution < 1.29 is 13.3 Å². The number of aryl methyl sites for hydroxylation is 1. The maximum absolute atomic E-state index is 12.0. The summed E-state index contributed by atoms with van der Waals surface area (Å²) < 4.78 is 24.0. The molecule has 0 saturated heterocycles. The van der Waals surface area contributed by atoms with Crippen LogP contribution in [0.5, 0.6) is 0 Å². The van der Waals surface area contributed by atoms with Crippen LogP contribution < -0.4 is 4.83 Å². The quantitative estimate of drug-likeness (QED) is 0.518. The average Bonchev–Trinajstić information content (AvgIpc) is 2.48. The Kier molecular flexibility index (Phi) is 4.52. The summed E-state index contributed by atoms with van der Waals surface area (Å²) in [5.41, 5.74) is 0.988. The van der Waals surface area contributed by atoms with Gasteiger partial charge >= 0.3 is 0 Å². The zero-order valence-corrected chi connectivity index (χ0v) is 12.4. The summed E-state index contributed by atoms with van der Waals surface area (Å²) in [6.45, 7) is 1.84.